The van der Waals surface area contributed by atoms with E-state index in [2.05, 4.69) is 47.3 Å². The fourth-order valence-corrected chi connectivity index (χ4v) is 3.79. The van der Waals surface area contributed by atoms with E-state index in [1.165, 1.54) is 21.5 Å². The summed E-state index contributed by atoms with van der Waals surface area (Å²) in [5.74, 6) is 0.0486. The van der Waals surface area contributed by atoms with Crippen LogP contribution in [0.2, 0.25) is 0 Å². The van der Waals surface area contributed by atoms with Gasteiger partial charge < -0.3 is 9.80 Å². The molecule has 1 aliphatic rings. The second-order valence-corrected chi connectivity index (χ2v) is 7.54. The quantitative estimate of drug-likeness (QED) is 0.682. The standard InChI is InChI=1S/C22H25N5O2/c1-16-7-8-17(2)20(15-16)25-11-13-26(14-12-25)21(28)9-10-27-22(29)18-5-3-4-6-19(18)23-24-27/h3-8,15H,9-14H2,1-2H3. The molecule has 0 spiro atoms. The number of hydrogen-bond donors (Lipinski definition) is 0. The van der Waals surface area contributed by atoms with Gasteiger partial charge in [0.15, 0.2) is 0 Å². The zero-order valence-electron chi connectivity index (χ0n) is 16.8. The van der Waals surface area contributed by atoms with E-state index in [1.807, 2.05) is 11.0 Å². The molecular formula is C22H25N5O2. The molecule has 4 rings (SSSR count). The molecule has 0 saturated carbocycles. The Hall–Kier alpha value is -3.22. The first-order valence-electron chi connectivity index (χ1n) is 9.95. The van der Waals surface area contributed by atoms with Gasteiger partial charge in [-0.3, -0.25) is 9.59 Å². The summed E-state index contributed by atoms with van der Waals surface area (Å²) >= 11 is 0. The maximum Gasteiger partial charge on any atom is 0.277 e. The molecule has 7 heteroatoms. The van der Waals surface area contributed by atoms with Gasteiger partial charge in [0.25, 0.3) is 5.56 Å². The van der Waals surface area contributed by atoms with E-state index in [0.717, 1.165) is 13.1 Å². The number of anilines is 1. The van der Waals surface area contributed by atoms with Crippen molar-refractivity contribution >= 4 is 22.5 Å². The number of benzene rings is 2. The van der Waals surface area contributed by atoms with E-state index in [9.17, 15) is 9.59 Å². The van der Waals surface area contributed by atoms with Crippen LogP contribution in [-0.2, 0) is 11.3 Å². The molecule has 0 N–H and O–H groups in total. The number of rotatable bonds is 4. The highest BCUT2D eigenvalue weighted by Crippen LogP contribution is 2.23. The second-order valence-electron chi connectivity index (χ2n) is 7.54. The van der Waals surface area contributed by atoms with Gasteiger partial charge in [-0.1, -0.05) is 29.5 Å². The van der Waals surface area contributed by atoms with Crippen molar-refractivity contribution in [1.82, 2.24) is 19.9 Å². The lowest BCUT2D eigenvalue weighted by Gasteiger charge is -2.37. The number of hydrogen-bond acceptors (Lipinski definition) is 5. The van der Waals surface area contributed by atoms with Crippen molar-refractivity contribution in [2.75, 3.05) is 31.1 Å². The van der Waals surface area contributed by atoms with Gasteiger partial charge in [-0.25, -0.2) is 4.68 Å². The maximum atomic E-state index is 12.7. The Morgan fingerprint density at radius 1 is 1.03 bits per heavy atom. The Labute approximate surface area is 169 Å². The van der Waals surface area contributed by atoms with Crippen LogP contribution < -0.4 is 10.5 Å². The number of aryl methyl sites for hydroxylation is 3. The molecule has 0 atom stereocenters. The van der Waals surface area contributed by atoms with Crippen molar-refractivity contribution in [2.45, 2.75) is 26.8 Å². The molecule has 0 unspecified atom stereocenters. The predicted octanol–water partition coefficient (Wildman–Crippen LogP) is 2.15. The van der Waals surface area contributed by atoms with Crippen molar-refractivity contribution in [3.63, 3.8) is 0 Å². The number of amides is 1. The van der Waals surface area contributed by atoms with Gasteiger partial charge in [0.05, 0.1) is 11.9 Å². The summed E-state index contributed by atoms with van der Waals surface area (Å²) in [5.41, 5.74) is 4.11. The van der Waals surface area contributed by atoms with Crippen molar-refractivity contribution in [2.24, 2.45) is 0 Å². The summed E-state index contributed by atoms with van der Waals surface area (Å²) in [5, 5.41) is 8.57. The second kappa shape index (κ2) is 8.03. The monoisotopic (exact) mass is 391 g/mol. The SMILES string of the molecule is Cc1ccc(C)c(N2CCN(C(=O)CCn3nnc4ccccc4c3=O)CC2)c1. The zero-order valence-corrected chi connectivity index (χ0v) is 16.8. The average Bonchev–Trinajstić information content (AvgIpc) is 2.75. The number of piperazine rings is 1. The van der Waals surface area contributed by atoms with Crippen LogP contribution in [0.25, 0.3) is 10.9 Å². The van der Waals surface area contributed by atoms with E-state index in [-0.39, 0.29) is 24.4 Å². The number of carbonyl (C=O) groups is 1. The van der Waals surface area contributed by atoms with Crippen LogP contribution in [-0.4, -0.2) is 52.0 Å². The molecule has 3 aromatic rings. The highest BCUT2D eigenvalue weighted by atomic mass is 16.2. The van der Waals surface area contributed by atoms with Crippen molar-refractivity contribution in [3.05, 3.63) is 63.9 Å². The van der Waals surface area contributed by atoms with E-state index >= 15 is 0 Å². The summed E-state index contributed by atoms with van der Waals surface area (Å²) in [6.07, 6.45) is 0.246. The van der Waals surface area contributed by atoms with Crippen LogP contribution >= 0.6 is 0 Å². The van der Waals surface area contributed by atoms with Crippen LogP contribution in [0.3, 0.4) is 0 Å². The summed E-state index contributed by atoms with van der Waals surface area (Å²) in [6.45, 7) is 7.45. The number of carbonyl (C=O) groups excluding carboxylic acids is 1. The van der Waals surface area contributed by atoms with Crippen molar-refractivity contribution in [1.29, 1.82) is 0 Å². The van der Waals surface area contributed by atoms with E-state index < -0.39 is 0 Å². The van der Waals surface area contributed by atoms with Gasteiger partial charge in [0, 0.05) is 38.3 Å². The molecular weight excluding hydrogens is 366 g/mol. The fourth-order valence-electron chi connectivity index (χ4n) is 3.79. The normalized spacial score (nSPS) is 14.4. The number of aromatic nitrogens is 3. The molecule has 0 aliphatic carbocycles. The first kappa shape index (κ1) is 19.1. The van der Waals surface area contributed by atoms with E-state index in [4.69, 9.17) is 0 Å². The molecule has 0 bridgehead atoms. The van der Waals surface area contributed by atoms with E-state index in [0.29, 0.717) is 24.0 Å². The molecule has 1 fully saturated rings. The molecule has 29 heavy (non-hydrogen) atoms. The molecule has 0 radical (unpaired) electrons. The largest absolute Gasteiger partial charge is 0.368 e. The minimum Gasteiger partial charge on any atom is -0.368 e. The van der Waals surface area contributed by atoms with Gasteiger partial charge in [-0.05, 0) is 43.2 Å². The van der Waals surface area contributed by atoms with Crippen LogP contribution in [0.15, 0.2) is 47.3 Å². The van der Waals surface area contributed by atoms with Gasteiger partial charge >= 0.3 is 0 Å². The van der Waals surface area contributed by atoms with Crippen LogP contribution in [0.5, 0.6) is 0 Å². The Balaban J connectivity index is 1.36. The zero-order chi connectivity index (χ0) is 20.4. The Kier molecular flexibility index (Phi) is 5.29. The molecule has 7 nitrogen and oxygen atoms in total. The summed E-state index contributed by atoms with van der Waals surface area (Å²) in [6, 6.07) is 13.6. The predicted molar refractivity (Wildman–Crippen MR) is 113 cm³/mol. The molecule has 1 saturated heterocycles. The highest BCUT2D eigenvalue weighted by Gasteiger charge is 2.22. The Morgan fingerprint density at radius 2 is 1.79 bits per heavy atom. The van der Waals surface area contributed by atoms with Gasteiger partial charge in [-0.2, -0.15) is 0 Å². The molecule has 2 aromatic carbocycles. The minimum absolute atomic E-state index is 0.0486. The molecule has 2 heterocycles. The van der Waals surface area contributed by atoms with Gasteiger partial charge in [0.2, 0.25) is 5.91 Å². The third-order valence-corrected chi connectivity index (χ3v) is 5.50. The third-order valence-electron chi connectivity index (χ3n) is 5.50. The number of nitrogens with zero attached hydrogens (tertiary/aromatic N) is 5. The highest BCUT2D eigenvalue weighted by molar-refractivity contribution is 5.77. The first-order chi connectivity index (χ1) is 14.0. The van der Waals surface area contributed by atoms with E-state index in [1.54, 1.807) is 18.2 Å². The summed E-state index contributed by atoms with van der Waals surface area (Å²) in [7, 11) is 0. The third kappa shape index (κ3) is 3.99. The van der Waals surface area contributed by atoms with Gasteiger partial charge in [0.1, 0.15) is 5.52 Å². The van der Waals surface area contributed by atoms with Crippen LogP contribution in [0, 0.1) is 13.8 Å². The lowest BCUT2D eigenvalue weighted by molar-refractivity contribution is -0.131. The lowest BCUT2D eigenvalue weighted by Crippen LogP contribution is -2.49. The Bertz CT molecular complexity index is 1100. The maximum absolute atomic E-state index is 12.7. The number of fused-ring (bicyclic) bond motifs is 1. The van der Waals surface area contributed by atoms with Crippen molar-refractivity contribution in [3.8, 4) is 0 Å². The minimum atomic E-state index is -0.205. The van der Waals surface area contributed by atoms with Crippen LogP contribution in [0.4, 0.5) is 5.69 Å². The average molecular weight is 391 g/mol. The van der Waals surface area contributed by atoms with Crippen LogP contribution in [0.1, 0.15) is 17.5 Å². The summed E-state index contributed by atoms with van der Waals surface area (Å²) < 4.78 is 1.28. The lowest BCUT2D eigenvalue weighted by atomic mass is 10.1. The topological polar surface area (TPSA) is 71.3 Å². The summed E-state index contributed by atoms with van der Waals surface area (Å²) in [4.78, 5) is 29.4. The van der Waals surface area contributed by atoms with Crippen molar-refractivity contribution < 1.29 is 4.79 Å². The molecule has 1 aromatic heterocycles. The Morgan fingerprint density at radius 3 is 2.59 bits per heavy atom. The molecule has 150 valence electrons. The smallest absolute Gasteiger partial charge is 0.277 e. The first-order valence-corrected chi connectivity index (χ1v) is 9.95. The van der Waals surface area contributed by atoms with Gasteiger partial charge in [-0.15, -0.1) is 5.10 Å². The molecule has 1 aliphatic heterocycles. The fraction of sp³-hybridized carbons (Fsp3) is 0.364. The molecule has 1 amide bonds.